The molecule has 19 heavy (non-hydrogen) atoms. The molecule has 1 aromatic carbocycles. The molecule has 1 aliphatic heterocycles. The van der Waals surface area contributed by atoms with Gasteiger partial charge in [0.15, 0.2) is 0 Å². The van der Waals surface area contributed by atoms with Gasteiger partial charge in [-0.2, -0.15) is 0 Å². The van der Waals surface area contributed by atoms with E-state index in [9.17, 15) is 4.79 Å². The van der Waals surface area contributed by atoms with Gasteiger partial charge in [0.1, 0.15) is 0 Å². The number of benzene rings is 1. The molecule has 1 aromatic rings. The highest BCUT2D eigenvalue weighted by Gasteiger charge is 2.18. The van der Waals surface area contributed by atoms with Crippen molar-refractivity contribution in [2.45, 2.75) is 25.7 Å². The Bertz CT molecular complexity index is 385. The van der Waals surface area contributed by atoms with Crippen molar-refractivity contribution in [2.75, 3.05) is 33.2 Å². The van der Waals surface area contributed by atoms with Gasteiger partial charge >= 0.3 is 0 Å². The van der Waals surface area contributed by atoms with Gasteiger partial charge in [-0.1, -0.05) is 30.3 Å². The van der Waals surface area contributed by atoms with E-state index in [-0.39, 0.29) is 0 Å². The monoisotopic (exact) mass is 260 g/mol. The number of carbonyl (C=O) groups is 1. The van der Waals surface area contributed by atoms with Crippen LogP contribution in [0.2, 0.25) is 0 Å². The fraction of sp³-hybridized carbons (Fsp3) is 0.562. The smallest absolute Gasteiger partial charge is 0.236 e. The van der Waals surface area contributed by atoms with E-state index in [0.717, 1.165) is 32.5 Å². The zero-order valence-corrected chi connectivity index (χ0v) is 11.8. The van der Waals surface area contributed by atoms with Gasteiger partial charge in [0.2, 0.25) is 5.91 Å². The zero-order valence-electron chi connectivity index (χ0n) is 11.8. The van der Waals surface area contributed by atoms with Crippen molar-refractivity contribution in [3.8, 4) is 0 Å². The van der Waals surface area contributed by atoms with E-state index in [1.54, 1.807) is 0 Å². The Hall–Kier alpha value is -1.35. The molecule has 0 unspecified atom stereocenters. The fourth-order valence-electron chi connectivity index (χ4n) is 2.57. The molecule has 0 aromatic heterocycles. The number of carbonyl (C=O) groups excluding carboxylic acids is 1. The maximum Gasteiger partial charge on any atom is 0.236 e. The summed E-state index contributed by atoms with van der Waals surface area (Å²) in [5.74, 6) is 0.291. The van der Waals surface area contributed by atoms with E-state index < -0.39 is 0 Å². The minimum absolute atomic E-state index is 0.291. The summed E-state index contributed by atoms with van der Waals surface area (Å²) in [6, 6.07) is 10.5. The lowest BCUT2D eigenvalue weighted by atomic mass is 10.1. The maximum atomic E-state index is 12.0. The summed E-state index contributed by atoms with van der Waals surface area (Å²) in [6.07, 6.45) is 4.53. The molecule has 0 saturated carbocycles. The Morgan fingerprint density at radius 2 is 1.89 bits per heavy atom. The van der Waals surface area contributed by atoms with Crippen LogP contribution in [0.1, 0.15) is 24.8 Å². The highest BCUT2D eigenvalue weighted by molar-refractivity contribution is 5.78. The van der Waals surface area contributed by atoms with Crippen LogP contribution >= 0.6 is 0 Å². The van der Waals surface area contributed by atoms with Gasteiger partial charge in [-0.25, -0.2) is 0 Å². The minimum atomic E-state index is 0.291. The van der Waals surface area contributed by atoms with Crippen LogP contribution in [0.5, 0.6) is 0 Å². The SMILES string of the molecule is CN(CCCc1ccccc1)CC(=O)N1CCCC1. The first kappa shape index (κ1) is 14.1. The molecule has 0 atom stereocenters. The summed E-state index contributed by atoms with van der Waals surface area (Å²) in [5, 5.41) is 0. The van der Waals surface area contributed by atoms with Crippen LogP contribution < -0.4 is 0 Å². The largest absolute Gasteiger partial charge is 0.342 e. The summed E-state index contributed by atoms with van der Waals surface area (Å²) in [7, 11) is 2.04. The summed E-state index contributed by atoms with van der Waals surface area (Å²) in [4.78, 5) is 16.1. The number of hydrogen-bond donors (Lipinski definition) is 0. The van der Waals surface area contributed by atoms with Crippen LogP contribution in [0.3, 0.4) is 0 Å². The quantitative estimate of drug-likeness (QED) is 0.782. The Balaban J connectivity index is 1.64. The van der Waals surface area contributed by atoms with E-state index >= 15 is 0 Å². The van der Waals surface area contributed by atoms with E-state index in [2.05, 4.69) is 29.2 Å². The van der Waals surface area contributed by atoms with Crippen LogP contribution in [0, 0.1) is 0 Å². The molecule has 104 valence electrons. The van der Waals surface area contributed by atoms with E-state index in [4.69, 9.17) is 0 Å². The molecule has 0 radical (unpaired) electrons. The molecular formula is C16H24N2O. The second-order valence-corrected chi connectivity index (χ2v) is 5.41. The molecule has 0 N–H and O–H groups in total. The average molecular weight is 260 g/mol. The molecule has 0 spiro atoms. The Morgan fingerprint density at radius 3 is 2.58 bits per heavy atom. The maximum absolute atomic E-state index is 12.0. The predicted octanol–water partition coefficient (Wildman–Crippen LogP) is 2.17. The van der Waals surface area contributed by atoms with Crippen LogP contribution in [-0.2, 0) is 11.2 Å². The van der Waals surface area contributed by atoms with Crippen LogP contribution in [-0.4, -0.2) is 48.9 Å². The number of rotatable bonds is 6. The fourth-order valence-corrected chi connectivity index (χ4v) is 2.57. The van der Waals surface area contributed by atoms with Crippen LogP contribution in [0.4, 0.5) is 0 Å². The second kappa shape index (κ2) is 7.29. The molecular weight excluding hydrogens is 236 g/mol. The lowest BCUT2D eigenvalue weighted by Gasteiger charge is -2.21. The normalized spacial score (nSPS) is 15.2. The second-order valence-electron chi connectivity index (χ2n) is 5.41. The number of likely N-dealkylation sites (tertiary alicyclic amines) is 1. The predicted molar refractivity (Wildman–Crippen MR) is 78.1 cm³/mol. The van der Waals surface area contributed by atoms with Gasteiger partial charge in [-0.3, -0.25) is 9.69 Å². The van der Waals surface area contributed by atoms with Gasteiger partial charge in [-0.15, -0.1) is 0 Å². The molecule has 0 bridgehead atoms. The first-order valence-electron chi connectivity index (χ1n) is 7.26. The number of hydrogen-bond acceptors (Lipinski definition) is 2. The third-order valence-electron chi connectivity index (χ3n) is 3.71. The van der Waals surface area contributed by atoms with E-state index in [1.165, 1.54) is 18.4 Å². The lowest BCUT2D eigenvalue weighted by molar-refractivity contribution is -0.131. The van der Waals surface area contributed by atoms with E-state index in [1.807, 2.05) is 18.0 Å². The number of aryl methyl sites for hydroxylation is 1. The summed E-state index contributed by atoms with van der Waals surface area (Å²) >= 11 is 0. The summed E-state index contributed by atoms with van der Waals surface area (Å²) in [6.45, 7) is 3.46. The van der Waals surface area contributed by atoms with E-state index in [0.29, 0.717) is 12.5 Å². The molecule has 1 fully saturated rings. The van der Waals surface area contributed by atoms with Gasteiger partial charge < -0.3 is 4.90 Å². The minimum Gasteiger partial charge on any atom is -0.342 e. The Morgan fingerprint density at radius 1 is 1.21 bits per heavy atom. The molecule has 3 heteroatoms. The molecule has 1 aliphatic rings. The number of amides is 1. The van der Waals surface area contributed by atoms with Gasteiger partial charge in [-0.05, 0) is 44.8 Å². The standard InChI is InChI=1S/C16H24N2O/c1-17(14-16(19)18-12-5-6-13-18)11-7-10-15-8-3-2-4-9-15/h2-4,8-9H,5-7,10-14H2,1H3. The summed E-state index contributed by atoms with van der Waals surface area (Å²) < 4.78 is 0. The van der Waals surface area contributed by atoms with Gasteiger partial charge in [0.05, 0.1) is 6.54 Å². The highest BCUT2D eigenvalue weighted by atomic mass is 16.2. The Kier molecular flexibility index (Phi) is 5.40. The molecule has 1 amide bonds. The average Bonchev–Trinajstić information content (AvgIpc) is 2.94. The van der Waals surface area contributed by atoms with Crippen LogP contribution in [0.15, 0.2) is 30.3 Å². The molecule has 3 nitrogen and oxygen atoms in total. The zero-order chi connectivity index (χ0) is 13.5. The van der Waals surface area contributed by atoms with Crippen molar-refractivity contribution < 1.29 is 4.79 Å². The third kappa shape index (κ3) is 4.67. The van der Waals surface area contributed by atoms with Crippen molar-refractivity contribution >= 4 is 5.91 Å². The Labute approximate surface area is 116 Å². The number of nitrogens with zero attached hydrogens (tertiary/aromatic N) is 2. The molecule has 1 heterocycles. The molecule has 2 rings (SSSR count). The highest BCUT2D eigenvalue weighted by Crippen LogP contribution is 2.08. The number of likely N-dealkylation sites (N-methyl/N-ethyl adjacent to an activating group) is 1. The molecule has 0 aliphatic carbocycles. The van der Waals surface area contributed by atoms with Crippen molar-refractivity contribution in [3.05, 3.63) is 35.9 Å². The molecule has 1 saturated heterocycles. The van der Waals surface area contributed by atoms with Crippen molar-refractivity contribution in [2.24, 2.45) is 0 Å². The third-order valence-corrected chi connectivity index (χ3v) is 3.71. The van der Waals surface area contributed by atoms with Crippen molar-refractivity contribution in [1.82, 2.24) is 9.80 Å². The first-order chi connectivity index (χ1) is 9.25. The van der Waals surface area contributed by atoms with Gasteiger partial charge in [0, 0.05) is 13.1 Å². The van der Waals surface area contributed by atoms with Gasteiger partial charge in [0.25, 0.3) is 0 Å². The van der Waals surface area contributed by atoms with Crippen molar-refractivity contribution in [3.63, 3.8) is 0 Å². The topological polar surface area (TPSA) is 23.6 Å². The lowest BCUT2D eigenvalue weighted by Crippen LogP contribution is -2.37. The first-order valence-corrected chi connectivity index (χ1v) is 7.26. The summed E-state index contributed by atoms with van der Waals surface area (Å²) in [5.41, 5.74) is 1.38. The van der Waals surface area contributed by atoms with Crippen LogP contribution in [0.25, 0.3) is 0 Å². The van der Waals surface area contributed by atoms with Crippen molar-refractivity contribution in [1.29, 1.82) is 0 Å².